The van der Waals surface area contributed by atoms with Gasteiger partial charge >= 0.3 is 0 Å². The van der Waals surface area contributed by atoms with E-state index in [-0.39, 0.29) is 11.6 Å². The number of rotatable bonds is 3. The predicted octanol–water partition coefficient (Wildman–Crippen LogP) is 3.46. The van der Waals surface area contributed by atoms with Crippen LogP contribution >= 0.6 is 0 Å². The van der Waals surface area contributed by atoms with Crippen LogP contribution in [0.15, 0.2) is 0 Å². The van der Waals surface area contributed by atoms with Gasteiger partial charge in [0.2, 0.25) is 0 Å². The molecule has 0 bridgehead atoms. The smallest absolute Gasteiger partial charge is 0.181 e. The summed E-state index contributed by atoms with van der Waals surface area (Å²) >= 11 is 0. The van der Waals surface area contributed by atoms with E-state index >= 15 is 0 Å². The highest BCUT2D eigenvalue weighted by Gasteiger charge is 2.29. The van der Waals surface area contributed by atoms with Crippen LogP contribution in [-0.2, 0) is 19.3 Å². The Morgan fingerprint density at radius 3 is 1.95 bits per heavy atom. The molecule has 3 nitrogen and oxygen atoms in total. The zero-order valence-corrected chi connectivity index (χ0v) is 12.1. The van der Waals surface area contributed by atoms with E-state index in [4.69, 9.17) is 0 Å². The molecule has 1 aromatic rings. The van der Waals surface area contributed by atoms with Crippen molar-refractivity contribution in [3.63, 3.8) is 0 Å². The number of hydrogen-bond donors (Lipinski definition) is 0. The topological polar surface area (TPSA) is 47.0 Å². The lowest BCUT2D eigenvalue weighted by Crippen LogP contribution is -2.23. The molecule has 2 aliphatic rings. The maximum Gasteiger partial charge on any atom is 0.181 e. The van der Waals surface area contributed by atoms with Gasteiger partial charge in [-0.1, -0.05) is 13.3 Å². The van der Waals surface area contributed by atoms with Crippen molar-refractivity contribution in [3.05, 3.63) is 28.1 Å². The van der Waals surface area contributed by atoms with Gasteiger partial charge in [0.1, 0.15) is 11.4 Å². The van der Waals surface area contributed by atoms with E-state index in [0.717, 1.165) is 56.1 Å². The molecule has 0 spiro atoms. The average Bonchev–Trinajstić information content (AvgIpc) is 2.45. The maximum absolute atomic E-state index is 12.1. The summed E-state index contributed by atoms with van der Waals surface area (Å²) in [5, 5.41) is 0. The van der Waals surface area contributed by atoms with Gasteiger partial charge in [-0.05, 0) is 55.2 Å². The molecule has 0 saturated carbocycles. The summed E-state index contributed by atoms with van der Waals surface area (Å²) in [5.41, 5.74) is 4.81. The monoisotopic (exact) mass is 271 g/mol. The van der Waals surface area contributed by atoms with Crippen LogP contribution in [-0.4, -0.2) is 16.6 Å². The minimum Gasteiger partial charge on any atom is -0.292 e. The molecule has 0 fully saturated rings. The van der Waals surface area contributed by atoms with Gasteiger partial charge in [-0.2, -0.15) is 0 Å². The lowest BCUT2D eigenvalue weighted by atomic mass is 9.82. The number of Topliss-reactive ketones (excluding diaryl/α,β-unsaturated/α-hetero) is 2. The van der Waals surface area contributed by atoms with Gasteiger partial charge < -0.3 is 0 Å². The summed E-state index contributed by atoms with van der Waals surface area (Å²) < 4.78 is 0. The Bertz CT molecular complexity index is 531. The third-order valence-electron chi connectivity index (χ3n) is 4.49. The zero-order chi connectivity index (χ0) is 14.1. The van der Waals surface area contributed by atoms with Crippen LogP contribution in [0.4, 0.5) is 0 Å². The molecule has 1 aromatic heterocycles. The van der Waals surface area contributed by atoms with Crippen LogP contribution in [0.5, 0.6) is 0 Å². The molecule has 0 aliphatic heterocycles. The van der Waals surface area contributed by atoms with E-state index in [2.05, 4.69) is 11.9 Å². The number of fused-ring (bicyclic) bond motifs is 2. The summed E-state index contributed by atoms with van der Waals surface area (Å²) in [5.74, 6) is 0.260. The van der Waals surface area contributed by atoms with Crippen molar-refractivity contribution in [1.29, 1.82) is 0 Å². The van der Waals surface area contributed by atoms with E-state index < -0.39 is 0 Å². The van der Waals surface area contributed by atoms with E-state index in [1.165, 1.54) is 5.56 Å². The second-order valence-corrected chi connectivity index (χ2v) is 5.90. The van der Waals surface area contributed by atoms with Gasteiger partial charge in [0, 0.05) is 12.8 Å². The molecule has 2 aliphatic carbocycles. The molecule has 0 N–H and O–H groups in total. The van der Waals surface area contributed by atoms with E-state index in [1.807, 2.05) is 0 Å². The summed E-state index contributed by atoms with van der Waals surface area (Å²) in [7, 11) is 0. The molecule has 1 heterocycles. The zero-order valence-electron chi connectivity index (χ0n) is 12.1. The van der Waals surface area contributed by atoms with Crippen molar-refractivity contribution in [2.45, 2.75) is 64.7 Å². The molecule has 0 saturated heterocycles. The normalized spacial score (nSPS) is 17.9. The molecule has 0 unspecified atom stereocenters. The number of nitrogens with zero attached hydrogens (tertiary/aromatic N) is 1. The number of carbonyl (C=O) groups is 2. The molecule has 0 atom stereocenters. The van der Waals surface area contributed by atoms with Crippen molar-refractivity contribution >= 4 is 11.6 Å². The summed E-state index contributed by atoms with van der Waals surface area (Å²) in [6, 6.07) is 0. The first-order chi connectivity index (χ1) is 9.72. The minimum absolute atomic E-state index is 0.130. The van der Waals surface area contributed by atoms with Crippen LogP contribution in [0, 0.1) is 0 Å². The molecule has 0 amide bonds. The Morgan fingerprint density at radius 1 is 0.900 bits per heavy atom. The molecule has 20 heavy (non-hydrogen) atoms. The van der Waals surface area contributed by atoms with Crippen molar-refractivity contribution in [2.24, 2.45) is 0 Å². The molecular formula is C17H21NO2. The quantitative estimate of drug-likeness (QED) is 0.845. The fraction of sp³-hybridized carbons (Fsp3) is 0.588. The maximum atomic E-state index is 12.1. The second-order valence-electron chi connectivity index (χ2n) is 5.90. The van der Waals surface area contributed by atoms with E-state index in [9.17, 15) is 9.59 Å². The lowest BCUT2D eigenvalue weighted by Gasteiger charge is -2.25. The lowest BCUT2D eigenvalue weighted by molar-refractivity contribution is 0.0960. The summed E-state index contributed by atoms with van der Waals surface area (Å²) in [4.78, 5) is 28.7. The van der Waals surface area contributed by atoms with Gasteiger partial charge in [-0.3, -0.25) is 9.59 Å². The van der Waals surface area contributed by atoms with Crippen LogP contribution in [0.2, 0.25) is 0 Å². The first-order valence-electron chi connectivity index (χ1n) is 7.83. The third-order valence-corrected chi connectivity index (χ3v) is 4.49. The molecular weight excluding hydrogens is 250 g/mol. The SMILES string of the molecule is CCCCc1c2c(nc3c1CCCC3=O)C(=O)CCC2. The number of ketones is 2. The van der Waals surface area contributed by atoms with Crippen LogP contribution < -0.4 is 0 Å². The Morgan fingerprint density at radius 2 is 1.45 bits per heavy atom. The predicted molar refractivity (Wildman–Crippen MR) is 77.4 cm³/mol. The number of carbonyl (C=O) groups excluding carboxylic acids is 2. The standard InChI is InChI=1S/C17H21NO2/c1-2-3-6-11-12-7-4-9-14(19)16(12)18-17-13(11)8-5-10-15(17)20/h2-10H2,1H3. The molecule has 0 aromatic carbocycles. The average molecular weight is 271 g/mol. The Balaban J connectivity index is 2.17. The summed E-state index contributed by atoms with van der Waals surface area (Å²) in [6.07, 6.45) is 8.17. The molecule has 3 heteroatoms. The van der Waals surface area contributed by atoms with Gasteiger partial charge in [-0.25, -0.2) is 4.98 Å². The number of hydrogen-bond acceptors (Lipinski definition) is 3. The fourth-order valence-corrected chi connectivity index (χ4v) is 3.46. The van der Waals surface area contributed by atoms with E-state index in [0.29, 0.717) is 24.2 Å². The van der Waals surface area contributed by atoms with Crippen molar-refractivity contribution in [2.75, 3.05) is 0 Å². The first-order valence-corrected chi connectivity index (χ1v) is 7.83. The highest BCUT2D eigenvalue weighted by atomic mass is 16.1. The van der Waals surface area contributed by atoms with Gasteiger partial charge in [0.25, 0.3) is 0 Å². The molecule has 0 radical (unpaired) electrons. The van der Waals surface area contributed by atoms with Crippen LogP contribution in [0.3, 0.4) is 0 Å². The summed E-state index contributed by atoms with van der Waals surface area (Å²) in [6.45, 7) is 2.18. The van der Waals surface area contributed by atoms with Gasteiger partial charge in [-0.15, -0.1) is 0 Å². The third kappa shape index (κ3) is 2.19. The number of pyridine rings is 1. The first kappa shape index (κ1) is 13.5. The molecule has 3 rings (SSSR count). The Hall–Kier alpha value is -1.51. The van der Waals surface area contributed by atoms with Gasteiger partial charge in [0.15, 0.2) is 11.6 Å². The van der Waals surface area contributed by atoms with Crippen molar-refractivity contribution < 1.29 is 9.59 Å². The largest absolute Gasteiger partial charge is 0.292 e. The Labute approximate surface area is 119 Å². The van der Waals surface area contributed by atoms with Crippen molar-refractivity contribution in [3.8, 4) is 0 Å². The van der Waals surface area contributed by atoms with Gasteiger partial charge in [0.05, 0.1) is 0 Å². The second kappa shape index (κ2) is 5.47. The number of unbranched alkanes of at least 4 members (excludes halogenated alkanes) is 1. The molecule has 106 valence electrons. The van der Waals surface area contributed by atoms with Crippen LogP contribution in [0.25, 0.3) is 0 Å². The fourth-order valence-electron chi connectivity index (χ4n) is 3.46. The van der Waals surface area contributed by atoms with E-state index in [1.54, 1.807) is 0 Å². The van der Waals surface area contributed by atoms with Crippen LogP contribution in [0.1, 0.15) is 83.1 Å². The number of aromatic nitrogens is 1. The highest BCUT2D eigenvalue weighted by molar-refractivity contribution is 6.01. The minimum atomic E-state index is 0.130. The Kier molecular flexibility index (Phi) is 3.68. The highest BCUT2D eigenvalue weighted by Crippen LogP contribution is 2.32. The van der Waals surface area contributed by atoms with Crippen molar-refractivity contribution in [1.82, 2.24) is 4.98 Å².